The van der Waals surface area contributed by atoms with Crippen LogP contribution >= 0.6 is 27.3 Å². The van der Waals surface area contributed by atoms with Crippen molar-refractivity contribution in [2.45, 2.75) is 12.4 Å². The quantitative estimate of drug-likeness (QED) is 0.792. The fraction of sp³-hybridized carbons (Fsp3) is 0.375. The summed E-state index contributed by atoms with van der Waals surface area (Å²) in [4.78, 5) is 2.28. The van der Waals surface area contributed by atoms with Gasteiger partial charge in [0.25, 0.3) is 0 Å². The van der Waals surface area contributed by atoms with Crippen LogP contribution in [0.2, 0.25) is 0 Å². The van der Waals surface area contributed by atoms with Crippen LogP contribution in [0.4, 0.5) is 13.2 Å². The van der Waals surface area contributed by atoms with Gasteiger partial charge in [-0.15, -0.1) is 13.2 Å². The highest BCUT2D eigenvalue weighted by atomic mass is 79.9. The molecular weight excluding hydrogens is 405 g/mol. The average molecular weight is 421 g/mol. The third kappa shape index (κ3) is 4.50. The Kier molecular flexibility index (Phi) is 5.49. The normalized spacial score (nSPS) is 17.7. The van der Waals surface area contributed by atoms with Crippen molar-refractivity contribution < 1.29 is 17.9 Å². The number of nitrogens with one attached hydrogen (secondary N) is 1. The van der Waals surface area contributed by atoms with E-state index in [9.17, 15) is 13.2 Å². The molecule has 3 rings (SSSR count). The topological polar surface area (TPSA) is 24.5 Å². The van der Waals surface area contributed by atoms with Crippen LogP contribution in [-0.4, -0.2) is 37.4 Å². The summed E-state index contributed by atoms with van der Waals surface area (Å²) in [5, 5.41) is 7.32. The van der Waals surface area contributed by atoms with E-state index < -0.39 is 6.36 Å². The number of benzene rings is 1. The summed E-state index contributed by atoms with van der Waals surface area (Å²) in [6.07, 6.45) is -4.70. The minimum Gasteiger partial charge on any atom is -0.406 e. The molecule has 0 radical (unpaired) electrons. The van der Waals surface area contributed by atoms with Crippen LogP contribution in [0, 0.1) is 0 Å². The Bertz CT molecular complexity index is 672. The standard InChI is InChI=1S/C16H16BrF3N2OS/c17-13-7-12(8-14(9-13)23-16(18,19)20)15(11-1-6-24-10-11)22-4-2-21-3-5-22/h1,6-10,15,21H,2-5H2/t15-/m1/s1. The molecule has 1 aliphatic heterocycles. The van der Waals surface area contributed by atoms with E-state index >= 15 is 0 Å². The molecule has 1 saturated heterocycles. The van der Waals surface area contributed by atoms with Crippen LogP contribution in [0.5, 0.6) is 5.75 Å². The summed E-state index contributed by atoms with van der Waals surface area (Å²) in [7, 11) is 0. The van der Waals surface area contributed by atoms with Crippen LogP contribution in [0.15, 0.2) is 39.5 Å². The zero-order valence-corrected chi connectivity index (χ0v) is 15.0. The Balaban J connectivity index is 1.97. The summed E-state index contributed by atoms with van der Waals surface area (Å²) >= 11 is 4.88. The highest BCUT2D eigenvalue weighted by Gasteiger charge is 2.32. The zero-order chi connectivity index (χ0) is 17.2. The Labute approximate surface area is 150 Å². The number of nitrogens with zero attached hydrogens (tertiary/aromatic N) is 1. The Morgan fingerprint density at radius 2 is 1.92 bits per heavy atom. The molecular formula is C16H16BrF3N2OS. The Morgan fingerprint density at radius 3 is 2.54 bits per heavy atom. The molecule has 0 aliphatic carbocycles. The average Bonchev–Trinajstić information content (AvgIpc) is 3.00. The number of hydrogen-bond donors (Lipinski definition) is 1. The van der Waals surface area contributed by atoms with E-state index in [2.05, 4.69) is 30.9 Å². The Hall–Kier alpha value is -1.09. The first-order valence-electron chi connectivity index (χ1n) is 7.45. The smallest absolute Gasteiger partial charge is 0.406 e. The minimum atomic E-state index is -4.70. The van der Waals surface area contributed by atoms with Crippen LogP contribution in [0.25, 0.3) is 0 Å². The number of rotatable bonds is 4. The fourth-order valence-electron chi connectivity index (χ4n) is 2.92. The molecule has 8 heteroatoms. The molecule has 3 nitrogen and oxygen atoms in total. The molecule has 1 aliphatic rings. The van der Waals surface area contributed by atoms with Crippen molar-refractivity contribution in [3.05, 3.63) is 50.6 Å². The van der Waals surface area contributed by atoms with Gasteiger partial charge in [-0.1, -0.05) is 15.9 Å². The van der Waals surface area contributed by atoms with Crippen molar-refractivity contribution >= 4 is 27.3 Å². The fourth-order valence-corrected chi connectivity index (χ4v) is 4.09. The summed E-state index contributed by atoms with van der Waals surface area (Å²) in [6.45, 7) is 3.39. The second-order valence-electron chi connectivity index (χ2n) is 5.51. The van der Waals surface area contributed by atoms with E-state index in [1.807, 2.05) is 22.9 Å². The first-order chi connectivity index (χ1) is 11.4. The highest BCUT2D eigenvalue weighted by Crippen LogP contribution is 2.35. The van der Waals surface area contributed by atoms with E-state index in [-0.39, 0.29) is 11.8 Å². The maximum Gasteiger partial charge on any atom is 0.573 e. The molecule has 130 valence electrons. The number of piperazine rings is 1. The van der Waals surface area contributed by atoms with Crippen LogP contribution in [0.1, 0.15) is 17.2 Å². The number of alkyl halides is 3. The molecule has 2 heterocycles. The summed E-state index contributed by atoms with van der Waals surface area (Å²) < 4.78 is 42.4. The van der Waals surface area contributed by atoms with Gasteiger partial charge in [-0.2, -0.15) is 11.3 Å². The lowest BCUT2D eigenvalue weighted by Gasteiger charge is -2.35. The molecule has 24 heavy (non-hydrogen) atoms. The minimum absolute atomic E-state index is 0.0913. The lowest BCUT2D eigenvalue weighted by atomic mass is 9.98. The molecule has 0 unspecified atom stereocenters. The largest absolute Gasteiger partial charge is 0.573 e. The van der Waals surface area contributed by atoms with Crippen molar-refractivity contribution in [3.8, 4) is 5.75 Å². The zero-order valence-electron chi connectivity index (χ0n) is 12.6. The lowest BCUT2D eigenvalue weighted by Crippen LogP contribution is -2.45. The Morgan fingerprint density at radius 1 is 1.17 bits per heavy atom. The maximum atomic E-state index is 12.6. The lowest BCUT2D eigenvalue weighted by molar-refractivity contribution is -0.274. The van der Waals surface area contributed by atoms with Crippen molar-refractivity contribution in [2.75, 3.05) is 26.2 Å². The number of hydrogen-bond acceptors (Lipinski definition) is 4. The molecule has 1 aromatic heterocycles. The first-order valence-corrected chi connectivity index (χ1v) is 9.19. The third-order valence-electron chi connectivity index (χ3n) is 3.82. The van der Waals surface area contributed by atoms with Gasteiger partial charge in [0, 0.05) is 30.7 Å². The molecule has 0 saturated carbocycles. The molecule has 1 N–H and O–H groups in total. The van der Waals surface area contributed by atoms with Crippen LogP contribution < -0.4 is 10.1 Å². The third-order valence-corrected chi connectivity index (χ3v) is 4.98. The van der Waals surface area contributed by atoms with Gasteiger partial charge in [0.2, 0.25) is 0 Å². The van der Waals surface area contributed by atoms with Crippen molar-refractivity contribution in [3.63, 3.8) is 0 Å². The van der Waals surface area contributed by atoms with Gasteiger partial charge >= 0.3 is 6.36 Å². The van der Waals surface area contributed by atoms with E-state index in [4.69, 9.17) is 0 Å². The molecule has 0 bridgehead atoms. The molecule has 0 spiro atoms. The number of ether oxygens (including phenoxy) is 1. The monoisotopic (exact) mass is 420 g/mol. The van der Waals surface area contributed by atoms with Gasteiger partial charge in [-0.05, 0) is 46.2 Å². The molecule has 1 atom stereocenters. The van der Waals surface area contributed by atoms with Gasteiger partial charge in [0.1, 0.15) is 5.75 Å². The van der Waals surface area contributed by atoms with E-state index in [0.717, 1.165) is 37.3 Å². The first kappa shape index (κ1) is 17.7. The van der Waals surface area contributed by atoms with Gasteiger partial charge in [-0.3, -0.25) is 4.90 Å². The predicted octanol–water partition coefficient (Wildman–Crippen LogP) is 4.40. The van der Waals surface area contributed by atoms with E-state index in [1.165, 1.54) is 12.1 Å². The van der Waals surface area contributed by atoms with Crippen LogP contribution in [0.3, 0.4) is 0 Å². The van der Waals surface area contributed by atoms with Crippen molar-refractivity contribution in [1.29, 1.82) is 0 Å². The second kappa shape index (κ2) is 7.43. The van der Waals surface area contributed by atoms with Crippen LogP contribution in [-0.2, 0) is 0 Å². The van der Waals surface area contributed by atoms with E-state index in [0.29, 0.717) is 4.47 Å². The molecule has 2 aromatic rings. The van der Waals surface area contributed by atoms with Crippen molar-refractivity contribution in [1.82, 2.24) is 10.2 Å². The maximum absolute atomic E-state index is 12.6. The predicted molar refractivity (Wildman–Crippen MR) is 91.4 cm³/mol. The number of thiophene rings is 1. The summed E-state index contributed by atoms with van der Waals surface area (Å²) in [5.41, 5.74) is 1.86. The molecule has 1 aromatic carbocycles. The summed E-state index contributed by atoms with van der Waals surface area (Å²) in [6, 6.07) is 6.59. The second-order valence-corrected chi connectivity index (χ2v) is 7.21. The van der Waals surface area contributed by atoms with Gasteiger partial charge < -0.3 is 10.1 Å². The number of halogens is 4. The molecule has 1 fully saturated rings. The SMILES string of the molecule is FC(F)(F)Oc1cc(Br)cc([C@@H](c2ccsc2)N2CCNCC2)c1. The highest BCUT2D eigenvalue weighted by molar-refractivity contribution is 9.10. The van der Waals surface area contributed by atoms with Gasteiger partial charge in [0.05, 0.1) is 6.04 Å². The van der Waals surface area contributed by atoms with Crippen molar-refractivity contribution in [2.24, 2.45) is 0 Å². The van der Waals surface area contributed by atoms with Gasteiger partial charge in [0.15, 0.2) is 0 Å². The van der Waals surface area contributed by atoms with Gasteiger partial charge in [-0.25, -0.2) is 0 Å². The summed E-state index contributed by atoms with van der Waals surface area (Å²) in [5.74, 6) is -0.206. The van der Waals surface area contributed by atoms with E-state index in [1.54, 1.807) is 11.3 Å². The molecule has 0 amide bonds.